The third-order valence-electron chi connectivity index (χ3n) is 4.22. The zero-order chi connectivity index (χ0) is 12.8. The zero-order valence-corrected chi connectivity index (χ0v) is 12.0. The van der Waals surface area contributed by atoms with Crippen molar-refractivity contribution in [2.45, 2.75) is 70.7 Å². The molecule has 2 rings (SSSR count). The summed E-state index contributed by atoms with van der Waals surface area (Å²) < 4.78 is 11.7. The Balaban J connectivity index is 1.52. The molecule has 106 valence electrons. The lowest BCUT2D eigenvalue weighted by molar-refractivity contribution is -0.0269. The summed E-state index contributed by atoms with van der Waals surface area (Å²) in [5.74, 6) is 0.901. The van der Waals surface area contributed by atoms with Gasteiger partial charge in [0.05, 0.1) is 18.3 Å². The standard InChI is InChI=1S/C15H29NO2/c1-12-5-7-14(8-6-12)18-13(2)10-16-11-15-4-3-9-17-15/h12-16H,3-11H2,1-2H3. The van der Waals surface area contributed by atoms with Gasteiger partial charge in [0.25, 0.3) is 0 Å². The van der Waals surface area contributed by atoms with E-state index in [0.29, 0.717) is 18.3 Å². The maximum atomic E-state index is 6.10. The van der Waals surface area contributed by atoms with Crippen LogP contribution in [0.25, 0.3) is 0 Å². The van der Waals surface area contributed by atoms with Crippen LogP contribution in [0.5, 0.6) is 0 Å². The molecule has 1 saturated carbocycles. The lowest BCUT2D eigenvalue weighted by atomic mass is 9.89. The topological polar surface area (TPSA) is 30.5 Å². The average Bonchev–Trinajstić information content (AvgIpc) is 2.85. The Hall–Kier alpha value is -0.120. The largest absolute Gasteiger partial charge is 0.377 e. The van der Waals surface area contributed by atoms with E-state index in [1.807, 2.05) is 0 Å². The Morgan fingerprint density at radius 1 is 1.22 bits per heavy atom. The molecule has 0 radical (unpaired) electrons. The number of rotatable bonds is 6. The van der Waals surface area contributed by atoms with E-state index in [1.165, 1.54) is 38.5 Å². The first kappa shape index (κ1) is 14.3. The molecular weight excluding hydrogens is 226 g/mol. The lowest BCUT2D eigenvalue weighted by Gasteiger charge is -2.29. The molecule has 1 saturated heterocycles. The second-order valence-corrected chi connectivity index (χ2v) is 6.12. The summed E-state index contributed by atoms with van der Waals surface area (Å²) in [4.78, 5) is 0. The minimum absolute atomic E-state index is 0.324. The smallest absolute Gasteiger partial charge is 0.0700 e. The van der Waals surface area contributed by atoms with E-state index in [-0.39, 0.29) is 0 Å². The molecule has 1 aliphatic heterocycles. The molecule has 1 N–H and O–H groups in total. The van der Waals surface area contributed by atoms with Crippen molar-refractivity contribution >= 4 is 0 Å². The van der Waals surface area contributed by atoms with Crippen LogP contribution < -0.4 is 5.32 Å². The summed E-state index contributed by atoms with van der Waals surface area (Å²) in [6.07, 6.45) is 8.86. The van der Waals surface area contributed by atoms with Crippen LogP contribution in [-0.2, 0) is 9.47 Å². The van der Waals surface area contributed by atoms with E-state index in [0.717, 1.165) is 25.6 Å². The summed E-state index contributed by atoms with van der Waals surface area (Å²) in [6, 6.07) is 0. The molecule has 18 heavy (non-hydrogen) atoms. The van der Waals surface area contributed by atoms with E-state index in [4.69, 9.17) is 9.47 Å². The molecule has 0 aromatic carbocycles. The van der Waals surface area contributed by atoms with Crippen molar-refractivity contribution in [1.29, 1.82) is 0 Å². The summed E-state index contributed by atoms with van der Waals surface area (Å²) in [7, 11) is 0. The van der Waals surface area contributed by atoms with E-state index in [9.17, 15) is 0 Å². The highest BCUT2D eigenvalue weighted by atomic mass is 16.5. The first-order chi connectivity index (χ1) is 8.74. The van der Waals surface area contributed by atoms with Crippen molar-refractivity contribution in [3.63, 3.8) is 0 Å². The molecule has 2 fully saturated rings. The van der Waals surface area contributed by atoms with Crippen LogP contribution in [-0.4, -0.2) is 38.0 Å². The first-order valence-electron chi connectivity index (χ1n) is 7.72. The third-order valence-corrected chi connectivity index (χ3v) is 4.22. The monoisotopic (exact) mass is 255 g/mol. The molecule has 0 amide bonds. The van der Waals surface area contributed by atoms with E-state index >= 15 is 0 Å². The van der Waals surface area contributed by atoms with Crippen LogP contribution in [0.1, 0.15) is 52.4 Å². The van der Waals surface area contributed by atoms with Gasteiger partial charge in [0.15, 0.2) is 0 Å². The fourth-order valence-corrected chi connectivity index (χ4v) is 3.00. The van der Waals surface area contributed by atoms with Gasteiger partial charge in [-0.2, -0.15) is 0 Å². The van der Waals surface area contributed by atoms with Gasteiger partial charge in [-0.25, -0.2) is 0 Å². The summed E-state index contributed by atoms with van der Waals surface area (Å²) in [6.45, 7) is 7.41. The molecule has 2 unspecified atom stereocenters. The van der Waals surface area contributed by atoms with Crippen molar-refractivity contribution in [2.24, 2.45) is 5.92 Å². The van der Waals surface area contributed by atoms with Gasteiger partial charge in [0.2, 0.25) is 0 Å². The molecule has 3 heteroatoms. The van der Waals surface area contributed by atoms with Crippen molar-refractivity contribution in [3.8, 4) is 0 Å². The number of nitrogens with one attached hydrogen (secondary N) is 1. The van der Waals surface area contributed by atoms with Crippen LogP contribution in [0.4, 0.5) is 0 Å². The van der Waals surface area contributed by atoms with Crippen LogP contribution in [0.3, 0.4) is 0 Å². The highest BCUT2D eigenvalue weighted by Crippen LogP contribution is 2.26. The van der Waals surface area contributed by atoms with Crippen LogP contribution >= 0.6 is 0 Å². The normalized spacial score (nSPS) is 34.7. The number of hydrogen-bond acceptors (Lipinski definition) is 3. The molecular formula is C15H29NO2. The SMILES string of the molecule is CC1CCC(OC(C)CNCC2CCCO2)CC1. The molecule has 0 aromatic rings. The predicted molar refractivity (Wildman–Crippen MR) is 73.8 cm³/mol. The van der Waals surface area contributed by atoms with Gasteiger partial charge in [-0.3, -0.25) is 0 Å². The van der Waals surface area contributed by atoms with Crippen LogP contribution in [0, 0.1) is 5.92 Å². The molecule has 1 aliphatic carbocycles. The van der Waals surface area contributed by atoms with Crippen LogP contribution in [0.15, 0.2) is 0 Å². The molecule has 2 aliphatic rings. The molecule has 1 heterocycles. The molecule has 0 spiro atoms. The lowest BCUT2D eigenvalue weighted by Crippen LogP contribution is -2.35. The van der Waals surface area contributed by atoms with Gasteiger partial charge >= 0.3 is 0 Å². The Labute approximate surface area is 112 Å². The molecule has 0 aromatic heterocycles. The highest BCUT2D eigenvalue weighted by molar-refractivity contribution is 4.72. The van der Waals surface area contributed by atoms with Crippen LogP contribution in [0.2, 0.25) is 0 Å². The molecule has 0 bridgehead atoms. The second kappa shape index (κ2) is 7.46. The molecule has 2 atom stereocenters. The summed E-state index contributed by atoms with van der Waals surface area (Å²) in [5.41, 5.74) is 0. The molecule has 3 nitrogen and oxygen atoms in total. The first-order valence-corrected chi connectivity index (χ1v) is 7.72. The van der Waals surface area contributed by atoms with E-state index < -0.39 is 0 Å². The van der Waals surface area contributed by atoms with Crippen molar-refractivity contribution in [1.82, 2.24) is 5.32 Å². The minimum atomic E-state index is 0.324. The minimum Gasteiger partial charge on any atom is -0.377 e. The Bertz CT molecular complexity index is 221. The fraction of sp³-hybridized carbons (Fsp3) is 1.00. The van der Waals surface area contributed by atoms with Gasteiger partial charge in [-0.15, -0.1) is 0 Å². The summed E-state index contributed by atoms with van der Waals surface area (Å²) >= 11 is 0. The van der Waals surface area contributed by atoms with Gasteiger partial charge in [-0.05, 0) is 51.4 Å². The van der Waals surface area contributed by atoms with Crippen molar-refractivity contribution in [3.05, 3.63) is 0 Å². The average molecular weight is 255 g/mol. The van der Waals surface area contributed by atoms with E-state index in [2.05, 4.69) is 19.2 Å². The van der Waals surface area contributed by atoms with Gasteiger partial charge in [0, 0.05) is 19.7 Å². The Morgan fingerprint density at radius 2 is 2.00 bits per heavy atom. The Morgan fingerprint density at radius 3 is 2.67 bits per heavy atom. The van der Waals surface area contributed by atoms with Gasteiger partial charge in [-0.1, -0.05) is 6.92 Å². The second-order valence-electron chi connectivity index (χ2n) is 6.12. The zero-order valence-electron chi connectivity index (χ0n) is 12.0. The summed E-state index contributed by atoms with van der Waals surface area (Å²) in [5, 5.41) is 3.48. The fourth-order valence-electron chi connectivity index (χ4n) is 3.00. The number of hydrogen-bond donors (Lipinski definition) is 1. The van der Waals surface area contributed by atoms with Gasteiger partial charge in [0.1, 0.15) is 0 Å². The maximum absolute atomic E-state index is 6.10. The van der Waals surface area contributed by atoms with E-state index in [1.54, 1.807) is 0 Å². The highest BCUT2D eigenvalue weighted by Gasteiger charge is 2.21. The number of ether oxygens (including phenoxy) is 2. The van der Waals surface area contributed by atoms with Crippen molar-refractivity contribution < 1.29 is 9.47 Å². The van der Waals surface area contributed by atoms with Crippen molar-refractivity contribution in [2.75, 3.05) is 19.7 Å². The predicted octanol–water partition coefficient (Wildman–Crippen LogP) is 2.74. The van der Waals surface area contributed by atoms with Gasteiger partial charge < -0.3 is 14.8 Å². The maximum Gasteiger partial charge on any atom is 0.0700 e. The third kappa shape index (κ3) is 4.87. The Kier molecular flexibility index (Phi) is 5.93. The quantitative estimate of drug-likeness (QED) is 0.791.